The predicted molar refractivity (Wildman–Crippen MR) is 106 cm³/mol. The van der Waals surface area contributed by atoms with Crippen molar-refractivity contribution in [2.75, 3.05) is 12.4 Å². The van der Waals surface area contributed by atoms with Crippen LogP contribution in [0.1, 0.15) is 26.3 Å². The predicted octanol–water partition coefficient (Wildman–Crippen LogP) is 2.99. The van der Waals surface area contributed by atoms with Gasteiger partial charge in [-0.25, -0.2) is 8.42 Å². The number of benzene rings is 2. The molecule has 0 heterocycles. The molecule has 0 fully saturated rings. The van der Waals surface area contributed by atoms with Crippen LogP contribution in [-0.2, 0) is 14.8 Å². The molecule has 0 radical (unpaired) electrons. The lowest BCUT2D eigenvalue weighted by Crippen LogP contribution is -2.33. The van der Waals surface area contributed by atoms with Crippen LogP contribution in [0.3, 0.4) is 0 Å². The zero-order chi connectivity index (χ0) is 20.9. The molecule has 8 heteroatoms. The molecule has 0 bridgehead atoms. The highest BCUT2D eigenvalue weighted by Crippen LogP contribution is 2.21. The molecular formula is C20H23N3O4S. The third-order valence-electron chi connectivity index (χ3n) is 4.21. The second-order valence-corrected chi connectivity index (χ2v) is 8.49. The van der Waals surface area contributed by atoms with E-state index in [1.54, 1.807) is 45.0 Å². The van der Waals surface area contributed by atoms with Crippen LogP contribution in [0, 0.1) is 11.3 Å². The Morgan fingerprint density at radius 1 is 1.11 bits per heavy atom. The van der Waals surface area contributed by atoms with E-state index in [2.05, 4.69) is 5.32 Å². The van der Waals surface area contributed by atoms with E-state index in [0.717, 1.165) is 0 Å². The summed E-state index contributed by atoms with van der Waals surface area (Å²) in [7, 11) is -2.06. The molecule has 7 nitrogen and oxygen atoms in total. The van der Waals surface area contributed by atoms with Gasteiger partial charge >= 0.3 is 0 Å². The number of sulfonamides is 1. The number of carbonyl (C=O) groups is 1. The number of nitriles is 1. The third kappa shape index (κ3) is 4.88. The molecule has 1 amide bonds. The first-order valence-corrected chi connectivity index (χ1v) is 10.2. The standard InChI is InChI=1S/C20H23N3O4S/c1-14(2)23(4)28(25,26)18-11-9-17(10-12-18)22-20(24)15(3)27-19-8-6-5-7-16(19)13-21/h5-12,14-15H,1-4H3,(H,22,24). The monoisotopic (exact) mass is 401 g/mol. The average molecular weight is 401 g/mol. The number of ether oxygens (including phenoxy) is 1. The molecule has 28 heavy (non-hydrogen) atoms. The van der Waals surface area contributed by atoms with E-state index >= 15 is 0 Å². The number of anilines is 1. The van der Waals surface area contributed by atoms with Crippen LogP contribution in [0.15, 0.2) is 53.4 Å². The molecule has 2 aromatic carbocycles. The molecule has 1 atom stereocenters. The van der Waals surface area contributed by atoms with Crippen LogP contribution in [0.5, 0.6) is 5.75 Å². The SMILES string of the molecule is CC(Oc1ccccc1C#N)C(=O)Nc1ccc(S(=O)(=O)N(C)C(C)C)cc1. The summed E-state index contributed by atoms with van der Waals surface area (Å²) in [6.07, 6.45) is -0.843. The van der Waals surface area contributed by atoms with Crippen molar-refractivity contribution in [3.8, 4) is 11.8 Å². The van der Waals surface area contributed by atoms with Gasteiger partial charge in [-0.3, -0.25) is 4.79 Å². The first-order chi connectivity index (χ1) is 13.2. The van der Waals surface area contributed by atoms with Gasteiger partial charge in [-0.2, -0.15) is 9.57 Å². The molecule has 0 saturated carbocycles. The zero-order valence-corrected chi connectivity index (χ0v) is 17.0. The molecule has 0 aliphatic rings. The quantitative estimate of drug-likeness (QED) is 0.769. The minimum absolute atomic E-state index is 0.147. The van der Waals surface area contributed by atoms with Gasteiger partial charge in [0.15, 0.2) is 6.10 Å². The van der Waals surface area contributed by atoms with E-state index in [1.165, 1.54) is 35.6 Å². The van der Waals surface area contributed by atoms with Crippen LogP contribution in [0.2, 0.25) is 0 Å². The van der Waals surface area contributed by atoms with Gasteiger partial charge in [0.2, 0.25) is 10.0 Å². The molecule has 0 spiro atoms. The van der Waals surface area contributed by atoms with Gasteiger partial charge in [0, 0.05) is 18.8 Å². The summed E-state index contributed by atoms with van der Waals surface area (Å²) in [6, 6.07) is 14.4. The fourth-order valence-electron chi connectivity index (χ4n) is 2.30. The Kier molecular flexibility index (Phi) is 6.78. The van der Waals surface area contributed by atoms with Crippen LogP contribution in [-0.4, -0.2) is 37.8 Å². The summed E-state index contributed by atoms with van der Waals surface area (Å²) in [4.78, 5) is 12.5. The summed E-state index contributed by atoms with van der Waals surface area (Å²) >= 11 is 0. The van der Waals surface area contributed by atoms with E-state index < -0.39 is 22.0 Å². The number of para-hydroxylation sites is 1. The summed E-state index contributed by atoms with van der Waals surface area (Å²) in [5.74, 6) is -0.0894. The first kappa shape index (κ1) is 21.4. The summed E-state index contributed by atoms with van der Waals surface area (Å²) < 4.78 is 31.8. The van der Waals surface area contributed by atoms with Gasteiger partial charge in [-0.15, -0.1) is 0 Å². The minimum atomic E-state index is -3.58. The molecule has 0 aliphatic heterocycles. The fraction of sp³-hybridized carbons (Fsp3) is 0.300. The Morgan fingerprint density at radius 2 is 1.71 bits per heavy atom. The minimum Gasteiger partial charge on any atom is -0.480 e. The molecule has 148 valence electrons. The van der Waals surface area contributed by atoms with E-state index in [1.807, 2.05) is 6.07 Å². The molecule has 1 unspecified atom stereocenters. The molecule has 1 N–H and O–H groups in total. The van der Waals surface area contributed by atoms with Crippen LogP contribution < -0.4 is 10.1 Å². The molecule has 0 saturated heterocycles. The van der Waals surface area contributed by atoms with Gasteiger partial charge in [0.05, 0.1) is 10.5 Å². The largest absolute Gasteiger partial charge is 0.480 e. The van der Waals surface area contributed by atoms with Crippen molar-refractivity contribution in [1.82, 2.24) is 4.31 Å². The first-order valence-electron chi connectivity index (χ1n) is 8.71. The van der Waals surface area contributed by atoms with Crippen molar-refractivity contribution < 1.29 is 17.9 Å². The highest BCUT2D eigenvalue weighted by molar-refractivity contribution is 7.89. The second-order valence-electron chi connectivity index (χ2n) is 6.50. The smallest absolute Gasteiger partial charge is 0.265 e. The lowest BCUT2D eigenvalue weighted by molar-refractivity contribution is -0.122. The molecule has 0 aliphatic carbocycles. The number of rotatable bonds is 7. The average Bonchev–Trinajstić information content (AvgIpc) is 2.68. The summed E-state index contributed by atoms with van der Waals surface area (Å²) in [5.41, 5.74) is 0.783. The Morgan fingerprint density at radius 3 is 2.29 bits per heavy atom. The maximum Gasteiger partial charge on any atom is 0.265 e. The molecular weight excluding hydrogens is 378 g/mol. The van der Waals surface area contributed by atoms with E-state index in [4.69, 9.17) is 10.00 Å². The van der Waals surface area contributed by atoms with Gasteiger partial charge in [-0.1, -0.05) is 12.1 Å². The maximum atomic E-state index is 12.5. The Balaban J connectivity index is 2.07. The van der Waals surface area contributed by atoms with Gasteiger partial charge < -0.3 is 10.1 Å². The van der Waals surface area contributed by atoms with Crippen molar-refractivity contribution in [3.63, 3.8) is 0 Å². The molecule has 2 aromatic rings. The van der Waals surface area contributed by atoms with Crippen molar-refractivity contribution in [2.24, 2.45) is 0 Å². The second kappa shape index (κ2) is 8.87. The lowest BCUT2D eigenvalue weighted by Gasteiger charge is -2.21. The van der Waals surface area contributed by atoms with Gasteiger partial charge in [0.25, 0.3) is 5.91 Å². The Labute approximate surface area is 165 Å². The Bertz CT molecular complexity index is 979. The third-order valence-corrected chi connectivity index (χ3v) is 6.25. The van der Waals surface area contributed by atoms with E-state index in [9.17, 15) is 13.2 Å². The number of nitrogens with one attached hydrogen (secondary N) is 1. The number of hydrogen-bond acceptors (Lipinski definition) is 5. The van der Waals surface area contributed by atoms with Crippen molar-refractivity contribution in [1.29, 1.82) is 5.26 Å². The Hall–Kier alpha value is -2.89. The van der Waals surface area contributed by atoms with Crippen LogP contribution >= 0.6 is 0 Å². The number of hydrogen-bond donors (Lipinski definition) is 1. The van der Waals surface area contributed by atoms with Crippen molar-refractivity contribution >= 4 is 21.6 Å². The zero-order valence-electron chi connectivity index (χ0n) is 16.2. The summed E-state index contributed by atoms with van der Waals surface area (Å²) in [6.45, 7) is 5.15. The van der Waals surface area contributed by atoms with Gasteiger partial charge in [0.1, 0.15) is 11.8 Å². The number of nitrogens with zero attached hydrogens (tertiary/aromatic N) is 2. The van der Waals surface area contributed by atoms with Crippen LogP contribution in [0.25, 0.3) is 0 Å². The van der Waals surface area contributed by atoms with Gasteiger partial charge in [-0.05, 0) is 57.2 Å². The van der Waals surface area contributed by atoms with E-state index in [-0.39, 0.29) is 10.9 Å². The molecule has 0 aromatic heterocycles. The lowest BCUT2D eigenvalue weighted by atomic mass is 10.2. The number of amides is 1. The highest BCUT2D eigenvalue weighted by atomic mass is 32.2. The fourth-order valence-corrected chi connectivity index (χ4v) is 3.67. The normalized spacial score (nSPS) is 12.5. The van der Waals surface area contributed by atoms with Crippen molar-refractivity contribution in [2.45, 2.75) is 37.8 Å². The molecule has 2 rings (SSSR count). The highest BCUT2D eigenvalue weighted by Gasteiger charge is 2.23. The van der Waals surface area contributed by atoms with Crippen LogP contribution in [0.4, 0.5) is 5.69 Å². The topological polar surface area (TPSA) is 99.5 Å². The number of carbonyl (C=O) groups excluding carboxylic acids is 1. The van der Waals surface area contributed by atoms with E-state index in [0.29, 0.717) is 17.0 Å². The van der Waals surface area contributed by atoms with Crippen molar-refractivity contribution in [3.05, 3.63) is 54.1 Å². The maximum absolute atomic E-state index is 12.5. The summed E-state index contributed by atoms with van der Waals surface area (Å²) in [5, 5.41) is 11.8.